The average Bonchev–Trinajstić information content (AvgIpc) is 3.26. The number of nitrogen functional groups attached to an aromatic ring is 1. The first-order valence-corrected chi connectivity index (χ1v) is 7.51. The van der Waals surface area contributed by atoms with E-state index < -0.39 is 0 Å². The van der Waals surface area contributed by atoms with Crippen LogP contribution in [0.25, 0.3) is 23.1 Å². The molecular weight excluding hydrogens is 323 g/mol. The smallest absolute Gasteiger partial charge is 0.244 e. The summed E-state index contributed by atoms with van der Waals surface area (Å²) >= 11 is 0. The molecule has 0 radical (unpaired) electrons. The summed E-state index contributed by atoms with van der Waals surface area (Å²) in [6.45, 7) is 0.215. The molecule has 3 heterocycles. The topological polar surface area (TPSA) is 95.7 Å². The minimum Gasteiger partial charge on any atom is -0.443 e. The molecule has 2 N–H and O–H groups in total. The minimum atomic E-state index is -0.307. The van der Waals surface area contributed by atoms with Crippen LogP contribution in [0, 0.1) is 5.82 Å². The maximum absolute atomic E-state index is 14.0. The van der Waals surface area contributed by atoms with Crippen molar-refractivity contribution in [2.45, 2.75) is 6.54 Å². The Morgan fingerprint density at radius 1 is 1.12 bits per heavy atom. The van der Waals surface area contributed by atoms with E-state index in [1.807, 2.05) is 0 Å². The van der Waals surface area contributed by atoms with Gasteiger partial charge in [0.2, 0.25) is 5.89 Å². The van der Waals surface area contributed by atoms with Gasteiger partial charge in [-0.05, 0) is 12.1 Å². The Bertz CT molecular complexity index is 1010. The lowest BCUT2D eigenvalue weighted by Crippen LogP contribution is -2.06. The van der Waals surface area contributed by atoms with E-state index in [4.69, 9.17) is 10.2 Å². The Hall–Kier alpha value is -3.55. The van der Waals surface area contributed by atoms with Crippen LogP contribution in [0.2, 0.25) is 0 Å². The molecule has 4 aromatic rings. The largest absolute Gasteiger partial charge is 0.443 e. The number of hydrogen-bond acceptors (Lipinski definition) is 6. The summed E-state index contributed by atoms with van der Waals surface area (Å²) in [5.74, 6) is 0.781. The highest BCUT2D eigenvalue weighted by atomic mass is 19.1. The van der Waals surface area contributed by atoms with Crippen molar-refractivity contribution in [3.8, 4) is 23.1 Å². The molecule has 124 valence electrons. The number of hydrogen-bond donors (Lipinski definition) is 1. The maximum Gasteiger partial charge on any atom is 0.244 e. The van der Waals surface area contributed by atoms with Crippen LogP contribution in [0.3, 0.4) is 0 Å². The van der Waals surface area contributed by atoms with Crippen LogP contribution in [-0.4, -0.2) is 24.7 Å². The van der Waals surface area contributed by atoms with Crippen LogP contribution >= 0.6 is 0 Å². The monoisotopic (exact) mass is 336 g/mol. The van der Waals surface area contributed by atoms with Gasteiger partial charge < -0.3 is 10.2 Å². The van der Waals surface area contributed by atoms with Crippen LogP contribution in [0.15, 0.2) is 59.5 Å². The van der Waals surface area contributed by atoms with Gasteiger partial charge in [-0.15, -0.1) is 0 Å². The van der Waals surface area contributed by atoms with Crippen LogP contribution in [0.4, 0.5) is 10.2 Å². The van der Waals surface area contributed by atoms with Crippen LogP contribution in [-0.2, 0) is 6.54 Å². The molecule has 0 unspecified atom stereocenters. The molecular formula is C17H13FN6O. The lowest BCUT2D eigenvalue weighted by atomic mass is 10.2. The van der Waals surface area contributed by atoms with Crippen molar-refractivity contribution < 1.29 is 8.81 Å². The third kappa shape index (κ3) is 2.97. The van der Waals surface area contributed by atoms with E-state index in [1.165, 1.54) is 18.5 Å². The molecule has 0 fully saturated rings. The highest BCUT2D eigenvalue weighted by Crippen LogP contribution is 2.25. The van der Waals surface area contributed by atoms with E-state index >= 15 is 0 Å². The number of aromatic nitrogens is 5. The van der Waals surface area contributed by atoms with Gasteiger partial charge >= 0.3 is 0 Å². The van der Waals surface area contributed by atoms with Crippen molar-refractivity contribution in [2.75, 3.05) is 5.73 Å². The highest BCUT2D eigenvalue weighted by molar-refractivity contribution is 5.60. The maximum atomic E-state index is 14.0. The highest BCUT2D eigenvalue weighted by Gasteiger charge is 2.17. The molecule has 8 heteroatoms. The van der Waals surface area contributed by atoms with Crippen molar-refractivity contribution in [1.82, 2.24) is 24.7 Å². The number of rotatable bonds is 4. The van der Waals surface area contributed by atoms with Crippen molar-refractivity contribution in [2.24, 2.45) is 0 Å². The van der Waals surface area contributed by atoms with Gasteiger partial charge in [-0.25, -0.2) is 19.3 Å². The van der Waals surface area contributed by atoms with Gasteiger partial charge in [0.05, 0.1) is 12.7 Å². The van der Waals surface area contributed by atoms with E-state index in [-0.39, 0.29) is 12.4 Å². The number of halogens is 1. The van der Waals surface area contributed by atoms with E-state index in [9.17, 15) is 4.39 Å². The standard InChI is InChI=1S/C17H13FN6O/c18-12-4-2-1-3-11(12)10-24-14(17-21-7-8-25-17)9-13(23-24)16-20-6-5-15(19)22-16/h1-9H,10H2,(H2,19,20,22). The fourth-order valence-electron chi connectivity index (χ4n) is 2.45. The summed E-state index contributed by atoms with van der Waals surface area (Å²) in [5, 5.41) is 4.48. The first-order valence-electron chi connectivity index (χ1n) is 7.51. The van der Waals surface area contributed by atoms with Gasteiger partial charge in [-0.3, -0.25) is 4.68 Å². The van der Waals surface area contributed by atoms with E-state index in [0.717, 1.165) is 0 Å². The van der Waals surface area contributed by atoms with Crippen molar-refractivity contribution >= 4 is 5.82 Å². The van der Waals surface area contributed by atoms with Crippen LogP contribution in [0.5, 0.6) is 0 Å². The molecule has 0 aliphatic carbocycles. The fourth-order valence-corrected chi connectivity index (χ4v) is 2.45. The summed E-state index contributed by atoms with van der Waals surface area (Å²) in [6.07, 6.45) is 4.55. The van der Waals surface area contributed by atoms with Gasteiger partial charge in [0.15, 0.2) is 5.82 Å². The van der Waals surface area contributed by atoms with Gasteiger partial charge in [0.1, 0.15) is 29.3 Å². The zero-order valence-electron chi connectivity index (χ0n) is 13.0. The van der Waals surface area contributed by atoms with E-state index in [2.05, 4.69) is 20.1 Å². The zero-order valence-corrected chi connectivity index (χ0v) is 13.0. The Morgan fingerprint density at radius 2 is 2.00 bits per heavy atom. The molecule has 0 spiro atoms. The Labute approximate surface area is 142 Å². The molecule has 0 aliphatic rings. The molecule has 0 aliphatic heterocycles. The van der Waals surface area contributed by atoms with Crippen molar-refractivity contribution in [3.63, 3.8) is 0 Å². The Morgan fingerprint density at radius 3 is 2.76 bits per heavy atom. The van der Waals surface area contributed by atoms with Gasteiger partial charge in [0.25, 0.3) is 0 Å². The van der Waals surface area contributed by atoms with Gasteiger partial charge in [-0.1, -0.05) is 18.2 Å². The second-order valence-electron chi connectivity index (χ2n) is 5.31. The number of nitrogens with two attached hydrogens (primary N) is 1. The summed E-state index contributed by atoms with van der Waals surface area (Å²) in [5.41, 5.74) is 7.30. The van der Waals surface area contributed by atoms with Gasteiger partial charge in [0, 0.05) is 17.8 Å². The van der Waals surface area contributed by atoms with Gasteiger partial charge in [-0.2, -0.15) is 5.10 Å². The summed E-state index contributed by atoms with van der Waals surface area (Å²) in [4.78, 5) is 12.5. The summed E-state index contributed by atoms with van der Waals surface area (Å²) in [7, 11) is 0. The second-order valence-corrected chi connectivity index (χ2v) is 5.31. The number of benzene rings is 1. The number of oxazole rings is 1. The molecule has 0 amide bonds. The summed E-state index contributed by atoms with van der Waals surface area (Å²) < 4.78 is 21.0. The molecule has 3 aromatic heterocycles. The number of nitrogens with zero attached hydrogens (tertiary/aromatic N) is 5. The normalized spacial score (nSPS) is 10.9. The van der Waals surface area contributed by atoms with E-state index in [0.29, 0.717) is 34.5 Å². The van der Waals surface area contributed by atoms with Crippen LogP contribution in [0.1, 0.15) is 5.56 Å². The average molecular weight is 336 g/mol. The molecule has 25 heavy (non-hydrogen) atoms. The van der Waals surface area contributed by atoms with Crippen LogP contribution < -0.4 is 5.73 Å². The quantitative estimate of drug-likeness (QED) is 0.615. The zero-order chi connectivity index (χ0) is 17.2. The lowest BCUT2D eigenvalue weighted by Gasteiger charge is -2.06. The second kappa shape index (κ2) is 6.16. The van der Waals surface area contributed by atoms with Crippen molar-refractivity contribution in [3.05, 3.63) is 66.4 Å². The first kappa shape index (κ1) is 15.0. The summed E-state index contributed by atoms with van der Waals surface area (Å²) in [6, 6.07) is 9.85. The third-order valence-corrected chi connectivity index (χ3v) is 3.62. The third-order valence-electron chi connectivity index (χ3n) is 3.62. The SMILES string of the molecule is Nc1ccnc(-c2cc(-c3ncco3)n(Cc3ccccc3F)n2)n1. The van der Waals surface area contributed by atoms with E-state index in [1.54, 1.807) is 41.2 Å². The Balaban J connectivity index is 1.80. The molecule has 1 aromatic carbocycles. The first-order chi connectivity index (χ1) is 12.2. The minimum absolute atomic E-state index is 0.215. The molecule has 0 bridgehead atoms. The molecule has 0 saturated carbocycles. The van der Waals surface area contributed by atoms with Crippen molar-refractivity contribution in [1.29, 1.82) is 0 Å². The molecule has 4 rings (SSSR count). The number of anilines is 1. The fraction of sp³-hybridized carbons (Fsp3) is 0.0588. The lowest BCUT2D eigenvalue weighted by molar-refractivity contribution is 0.553. The predicted molar refractivity (Wildman–Crippen MR) is 88.7 cm³/mol. The Kier molecular flexibility index (Phi) is 3.70. The molecule has 7 nitrogen and oxygen atoms in total. The molecule has 0 atom stereocenters. The molecule has 0 saturated heterocycles. The predicted octanol–water partition coefficient (Wildman–Crippen LogP) is 2.76.